The van der Waals surface area contributed by atoms with Gasteiger partial charge in [-0.1, -0.05) is 66.4 Å². The molecule has 1 atom stereocenters. The Bertz CT molecular complexity index is 1190. The molecule has 0 saturated carbocycles. The van der Waals surface area contributed by atoms with Crippen molar-refractivity contribution in [2.24, 2.45) is 0 Å². The third kappa shape index (κ3) is 4.14. The second-order valence-corrected chi connectivity index (χ2v) is 8.89. The van der Waals surface area contributed by atoms with E-state index in [4.69, 9.17) is 0 Å². The quantitative estimate of drug-likeness (QED) is 0.538. The Kier molecular flexibility index (Phi) is 5.35. The van der Waals surface area contributed by atoms with Gasteiger partial charge < -0.3 is 10.6 Å². The highest BCUT2D eigenvalue weighted by atomic mass is 32.2. The van der Waals surface area contributed by atoms with E-state index < -0.39 is 0 Å². The van der Waals surface area contributed by atoms with Crippen molar-refractivity contribution in [3.05, 3.63) is 100.0 Å². The average Bonchev–Trinajstić information content (AvgIpc) is 2.80. The summed E-state index contributed by atoms with van der Waals surface area (Å²) in [5, 5.41) is 6.12. The lowest BCUT2D eigenvalue weighted by atomic mass is 9.87. The number of amides is 2. The highest BCUT2D eigenvalue weighted by Crippen LogP contribution is 2.39. The number of aryl methyl sites for hydroxylation is 1. The number of fused-ring (bicyclic) bond motifs is 2. The Morgan fingerprint density at radius 1 is 1.03 bits per heavy atom. The van der Waals surface area contributed by atoms with Gasteiger partial charge >= 0.3 is 0 Å². The topological polar surface area (TPSA) is 58.2 Å². The van der Waals surface area contributed by atoms with Crippen molar-refractivity contribution < 1.29 is 9.59 Å². The smallest absolute Gasteiger partial charge is 0.262 e. The molecule has 154 valence electrons. The minimum atomic E-state index is -0.153. The SMILES string of the molecule is O=C1Nc2cc(C(=O)NC3CCCc4ccccc43)ccc2SC1=Cc1ccccc1. The third-order valence-electron chi connectivity index (χ3n) is 5.71. The monoisotopic (exact) mass is 426 g/mol. The van der Waals surface area contributed by atoms with Gasteiger partial charge in [-0.3, -0.25) is 9.59 Å². The normalized spacial score (nSPS) is 18.6. The zero-order chi connectivity index (χ0) is 21.2. The molecule has 0 saturated heterocycles. The van der Waals surface area contributed by atoms with Gasteiger partial charge in [-0.2, -0.15) is 0 Å². The molecule has 0 spiro atoms. The number of thioether (sulfide) groups is 1. The summed E-state index contributed by atoms with van der Waals surface area (Å²) < 4.78 is 0. The molecule has 1 aliphatic carbocycles. The molecule has 0 bridgehead atoms. The van der Waals surface area contributed by atoms with Gasteiger partial charge in [0.05, 0.1) is 16.6 Å². The maximum atomic E-state index is 13.0. The number of rotatable bonds is 3. The number of hydrogen-bond donors (Lipinski definition) is 2. The Morgan fingerprint density at radius 2 is 1.84 bits per heavy atom. The van der Waals surface area contributed by atoms with Gasteiger partial charge in [0.2, 0.25) is 0 Å². The molecular formula is C26H22N2O2S. The summed E-state index contributed by atoms with van der Waals surface area (Å²) in [5.41, 5.74) is 4.73. The predicted octanol–water partition coefficient (Wildman–Crippen LogP) is 5.58. The lowest BCUT2D eigenvalue weighted by Crippen LogP contribution is -2.31. The van der Waals surface area contributed by atoms with Crippen molar-refractivity contribution in [3.8, 4) is 0 Å². The highest BCUT2D eigenvalue weighted by molar-refractivity contribution is 8.04. The van der Waals surface area contributed by atoms with Crippen LogP contribution in [-0.4, -0.2) is 11.8 Å². The van der Waals surface area contributed by atoms with Crippen molar-refractivity contribution in [1.29, 1.82) is 0 Å². The van der Waals surface area contributed by atoms with E-state index in [1.807, 2.05) is 60.7 Å². The van der Waals surface area contributed by atoms with E-state index >= 15 is 0 Å². The zero-order valence-corrected chi connectivity index (χ0v) is 17.7. The molecule has 0 radical (unpaired) electrons. The molecule has 2 amide bonds. The van der Waals surface area contributed by atoms with Gasteiger partial charge in [0.1, 0.15) is 0 Å². The van der Waals surface area contributed by atoms with Crippen molar-refractivity contribution in [2.75, 3.05) is 5.32 Å². The average molecular weight is 427 g/mol. The fourth-order valence-corrected chi connectivity index (χ4v) is 5.08. The summed E-state index contributed by atoms with van der Waals surface area (Å²) in [7, 11) is 0. The first-order valence-corrected chi connectivity index (χ1v) is 11.3. The molecule has 2 N–H and O–H groups in total. The molecule has 2 aliphatic rings. The first-order chi connectivity index (χ1) is 15.2. The van der Waals surface area contributed by atoms with Gasteiger partial charge in [-0.05, 0) is 60.2 Å². The van der Waals surface area contributed by atoms with Crippen molar-refractivity contribution in [2.45, 2.75) is 30.2 Å². The van der Waals surface area contributed by atoms with Crippen molar-refractivity contribution in [1.82, 2.24) is 5.32 Å². The lowest BCUT2D eigenvalue weighted by Gasteiger charge is -2.26. The van der Waals surface area contributed by atoms with Crippen LogP contribution in [0.4, 0.5) is 5.69 Å². The number of carbonyl (C=O) groups is 2. The Labute approximate surface area is 185 Å². The molecular weight excluding hydrogens is 404 g/mol. The standard InChI is InChI=1S/C26H22N2O2S/c29-25(27-21-12-6-10-18-9-4-5-11-20(18)21)19-13-14-23-22(16-19)28-26(30)24(31-23)15-17-7-2-1-3-8-17/h1-5,7-9,11,13-16,21H,6,10,12H2,(H,27,29)(H,28,30). The second kappa shape index (κ2) is 8.44. The summed E-state index contributed by atoms with van der Waals surface area (Å²) in [6.07, 6.45) is 4.94. The Hall–Kier alpha value is -3.31. The van der Waals surface area contributed by atoms with E-state index in [1.54, 1.807) is 6.07 Å². The van der Waals surface area contributed by atoms with Crippen LogP contribution in [0.5, 0.6) is 0 Å². The third-order valence-corrected chi connectivity index (χ3v) is 6.80. The van der Waals surface area contributed by atoms with E-state index in [0.717, 1.165) is 29.7 Å². The van der Waals surface area contributed by atoms with Gasteiger partial charge in [0, 0.05) is 10.5 Å². The molecule has 1 heterocycles. The summed E-state index contributed by atoms with van der Waals surface area (Å²) in [6, 6.07) is 23.6. The summed E-state index contributed by atoms with van der Waals surface area (Å²) in [4.78, 5) is 27.1. The highest BCUT2D eigenvalue weighted by Gasteiger charge is 2.24. The van der Waals surface area contributed by atoms with Crippen LogP contribution in [0.15, 0.2) is 82.6 Å². The predicted molar refractivity (Wildman–Crippen MR) is 125 cm³/mol. The Morgan fingerprint density at radius 3 is 2.71 bits per heavy atom. The molecule has 0 fully saturated rings. The summed E-state index contributed by atoms with van der Waals surface area (Å²) in [6.45, 7) is 0. The molecule has 1 unspecified atom stereocenters. The van der Waals surface area contributed by atoms with Gasteiger partial charge in [-0.15, -0.1) is 0 Å². The molecule has 5 heteroatoms. The van der Waals surface area contributed by atoms with Crippen LogP contribution >= 0.6 is 11.8 Å². The van der Waals surface area contributed by atoms with E-state index in [0.29, 0.717) is 16.2 Å². The van der Waals surface area contributed by atoms with Gasteiger partial charge in [0.25, 0.3) is 11.8 Å². The molecule has 4 nitrogen and oxygen atoms in total. The molecule has 5 rings (SSSR count). The van der Waals surface area contributed by atoms with Crippen LogP contribution in [0.2, 0.25) is 0 Å². The first-order valence-electron chi connectivity index (χ1n) is 10.5. The van der Waals surface area contributed by atoms with E-state index in [-0.39, 0.29) is 17.9 Å². The van der Waals surface area contributed by atoms with E-state index in [2.05, 4.69) is 22.8 Å². The fraction of sp³-hybridized carbons (Fsp3) is 0.154. The first kappa shape index (κ1) is 19.6. The number of nitrogens with one attached hydrogen (secondary N) is 2. The number of benzene rings is 3. The van der Waals surface area contributed by atoms with Crippen molar-refractivity contribution >= 4 is 35.3 Å². The minimum absolute atomic E-state index is 0.0258. The molecule has 31 heavy (non-hydrogen) atoms. The second-order valence-electron chi connectivity index (χ2n) is 7.80. The zero-order valence-electron chi connectivity index (χ0n) is 16.9. The number of hydrogen-bond acceptors (Lipinski definition) is 3. The van der Waals surface area contributed by atoms with Gasteiger partial charge in [-0.25, -0.2) is 0 Å². The van der Waals surface area contributed by atoms with Crippen LogP contribution in [0, 0.1) is 0 Å². The molecule has 1 aliphatic heterocycles. The molecule has 0 aromatic heterocycles. The minimum Gasteiger partial charge on any atom is -0.345 e. The summed E-state index contributed by atoms with van der Waals surface area (Å²) >= 11 is 1.42. The Balaban J connectivity index is 1.35. The van der Waals surface area contributed by atoms with Crippen molar-refractivity contribution in [3.63, 3.8) is 0 Å². The lowest BCUT2D eigenvalue weighted by molar-refractivity contribution is -0.112. The largest absolute Gasteiger partial charge is 0.345 e. The number of carbonyl (C=O) groups excluding carboxylic acids is 2. The fourth-order valence-electron chi connectivity index (χ4n) is 4.15. The van der Waals surface area contributed by atoms with Crippen LogP contribution in [0.3, 0.4) is 0 Å². The maximum absolute atomic E-state index is 13.0. The van der Waals surface area contributed by atoms with Gasteiger partial charge in [0.15, 0.2) is 0 Å². The van der Waals surface area contributed by atoms with E-state index in [9.17, 15) is 9.59 Å². The van der Waals surface area contributed by atoms with E-state index in [1.165, 1.54) is 22.9 Å². The van der Waals surface area contributed by atoms with Crippen LogP contribution in [-0.2, 0) is 11.2 Å². The maximum Gasteiger partial charge on any atom is 0.262 e. The van der Waals surface area contributed by atoms with Crippen LogP contribution in [0.25, 0.3) is 6.08 Å². The number of anilines is 1. The molecule has 3 aromatic carbocycles. The molecule has 3 aromatic rings. The van der Waals surface area contributed by atoms with Crippen LogP contribution in [0.1, 0.15) is 45.9 Å². The summed E-state index contributed by atoms with van der Waals surface area (Å²) in [5.74, 6) is -0.269. The van der Waals surface area contributed by atoms with Crippen LogP contribution < -0.4 is 10.6 Å².